The molecule has 1 aliphatic heterocycles. The predicted molar refractivity (Wildman–Crippen MR) is 95.0 cm³/mol. The Bertz CT molecular complexity index is 831. The molecule has 0 aromatic heterocycles. The highest BCUT2D eigenvalue weighted by molar-refractivity contribution is 7.89. The smallest absolute Gasteiger partial charge is 0.246 e. The fraction of sp³-hybridized carbons (Fsp3) is 0.368. The third kappa shape index (κ3) is 3.06. The number of aryl methyl sites for hydroxylation is 2. The van der Waals surface area contributed by atoms with E-state index in [9.17, 15) is 8.42 Å². The Balaban J connectivity index is 1.91. The largest absolute Gasteiger partial charge is 0.495 e. The lowest BCUT2D eigenvalue weighted by molar-refractivity contribution is 0.397. The molecule has 2 aromatic carbocycles. The maximum Gasteiger partial charge on any atom is 0.246 e. The van der Waals surface area contributed by atoms with Crippen molar-refractivity contribution in [2.24, 2.45) is 0 Å². The van der Waals surface area contributed by atoms with Crippen molar-refractivity contribution in [3.8, 4) is 5.75 Å². The van der Waals surface area contributed by atoms with Gasteiger partial charge in [-0.1, -0.05) is 30.3 Å². The van der Waals surface area contributed by atoms with Crippen molar-refractivity contribution >= 4 is 10.0 Å². The van der Waals surface area contributed by atoms with Crippen molar-refractivity contribution in [3.63, 3.8) is 0 Å². The van der Waals surface area contributed by atoms with Gasteiger partial charge in [-0.15, -0.1) is 0 Å². The minimum absolute atomic E-state index is 0.249. The summed E-state index contributed by atoms with van der Waals surface area (Å²) in [5, 5.41) is 0. The highest BCUT2D eigenvalue weighted by Gasteiger charge is 2.35. The molecule has 24 heavy (non-hydrogen) atoms. The highest BCUT2D eigenvalue weighted by atomic mass is 32.2. The van der Waals surface area contributed by atoms with Crippen LogP contribution in [0.25, 0.3) is 0 Å². The maximum atomic E-state index is 13.1. The van der Waals surface area contributed by atoms with Crippen molar-refractivity contribution in [1.82, 2.24) is 4.31 Å². The minimum atomic E-state index is -3.55. The van der Waals surface area contributed by atoms with Crippen LogP contribution in [0.4, 0.5) is 0 Å². The number of benzene rings is 2. The average molecular weight is 345 g/mol. The lowest BCUT2D eigenvalue weighted by atomic mass is 9.99. The normalized spacial score (nSPS) is 18.7. The van der Waals surface area contributed by atoms with Gasteiger partial charge in [-0.3, -0.25) is 0 Å². The van der Waals surface area contributed by atoms with Crippen molar-refractivity contribution in [3.05, 3.63) is 59.2 Å². The molecule has 1 heterocycles. The Hall–Kier alpha value is -1.85. The monoisotopic (exact) mass is 345 g/mol. The molecular weight excluding hydrogens is 322 g/mol. The van der Waals surface area contributed by atoms with Gasteiger partial charge < -0.3 is 4.74 Å². The molecule has 0 radical (unpaired) electrons. The molecule has 128 valence electrons. The third-order valence-electron chi connectivity index (χ3n) is 4.82. The number of nitrogens with zero attached hydrogens (tertiary/aromatic N) is 1. The molecule has 0 bridgehead atoms. The van der Waals surface area contributed by atoms with Crippen LogP contribution < -0.4 is 4.74 Å². The molecule has 1 saturated heterocycles. The Morgan fingerprint density at radius 3 is 2.42 bits per heavy atom. The molecule has 3 rings (SSSR count). The molecule has 4 nitrogen and oxygen atoms in total. The van der Waals surface area contributed by atoms with Gasteiger partial charge in [-0.25, -0.2) is 8.42 Å². The van der Waals surface area contributed by atoms with Gasteiger partial charge in [-0.05, 0) is 55.0 Å². The van der Waals surface area contributed by atoms with Gasteiger partial charge in [0.15, 0.2) is 0 Å². The van der Waals surface area contributed by atoms with Crippen LogP contribution in [0, 0.1) is 13.8 Å². The van der Waals surface area contributed by atoms with Gasteiger partial charge in [0.1, 0.15) is 10.6 Å². The molecule has 1 atom stereocenters. The van der Waals surface area contributed by atoms with E-state index in [-0.39, 0.29) is 10.8 Å². The quantitative estimate of drug-likeness (QED) is 0.852. The summed E-state index contributed by atoms with van der Waals surface area (Å²) in [7, 11) is -2.04. The second-order valence-corrected chi connectivity index (χ2v) is 8.25. The van der Waals surface area contributed by atoms with E-state index in [1.165, 1.54) is 12.7 Å². The number of hydrogen-bond acceptors (Lipinski definition) is 3. The maximum absolute atomic E-state index is 13.1. The zero-order valence-electron chi connectivity index (χ0n) is 14.3. The fourth-order valence-electron chi connectivity index (χ4n) is 3.21. The summed E-state index contributed by atoms with van der Waals surface area (Å²) in [4.78, 5) is 0.266. The number of methoxy groups -OCH3 is 1. The van der Waals surface area contributed by atoms with Gasteiger partial charge in [0, 0.05) is 13.1 Å². The van der Waals surface area contributed by atoms with E-state index in [0.29, 0.717) is 18.8 Å². The SMILES string of the molecule is COc1cc(C)c(C)cc1S(=O)(=O)N1CCC(c2ccccc2)C1. The molecule has 1 aliphatic rings. The lowest BCUT2D eigenvalue weighted by Gasteiger charge is -2.19. The molecule has 0 amide bonds. The number of ether oxygens (including phenoxy) is 1. The molecule has 5 heteroatoms. The standard InChI is InChI=1S/C19H23NO3S/c1-14-11-18(23-3)19(12-15(14)2)24(21,22)20-10-9-17(13-20)16-7-5-4-6-8-16/h4-8,11-12,17H,9-10,13H2,1-3H3. The number of hydrogen-bond donors (Lipinski definition) is 0. The van der Waals surface area contributed by atoms with Crippen LogP contribution in [0.15, 0.2) is 47.4 Å². The molecule has 0 saturated carbocycles. The number of rotatable bonds is 4. The van der Waals surface area contributed by atoms with Gasteiger partial charge >= 0.3 is 0 Å². The summed E-state index contributed by atoms with van der Waals surface area (Å²) in [6, 6.07) is 13.6. The first kappa shape index (κ1) is 17.0. The Morgan fingerprint density at radius 2 is 1.75 bits per heavy atom. The first-order valence-electron chi connectivity index (χ1n) is 8.14. The molecule has 1 unspecified atom stereocenters. The van der Waals surface area contributed by atoms with Crippen LogP contribution in [0.5, 0.6) is 5.75 Å². The first-order valence-corrected chi connectivity index (χ1v) is 9.58. The summed E-state index contributed by atoms with van der Waals surface area (Å²) >= 11 is 0. The van der Waals surface area contributed by atoms with E-state index in [0.717, 1.165) is 17.5 Å². The Kier molecular flexibility index (Phi) is 4.65. The van der Waals surface area contributed by atoms with Crippen molar-refractivity contribution < 1.29 is 13.2 Å². The Morgan fingerprint density at radius 1 is 1.08 bits per heavy atom. The van der Waals surface area contributed by atoms with Crippen LogP contribution in [0.3, 0.4) is 0 Å². The topological polar surface area (TPSA) is 46.6 Å². The first-order chi connectivity index (χ1) is 11.4. The van der Waals surface area contributed by atoms with E-state index in [4.69, 9.17) is 4.74 Å². The van der Waals surface area contributed by atoms with E-state index >= 15 is 0 Å². The van der Waals surface area contributed by atoms with Gasteiger partial charge in [0.05, 0.1) is 7.11 Å². The van der Waals surface area contributed by atoms with E-state index < -0.39 is 10.0 Å². The lowest BCUT2D eigenvalue weighted by Crippen LogP contribution is -2.29. The van der Waals surface area contributed by atoms with E-state index in [1.54, 1.807) is 16.4 Å². The van der Waals surface area contributed by atoms with Crippen LogP contribution in [-0.2, 0) is 10.0 Å². The van der Waals surface area contributed by atoms with Gasteiger partial charge in [0.2, 0.25) is 10.0 Å². The van der Waals surface area contributed by atoms with Crippen LogP contribution in [0.2, 0.25) is 0 Å². The van der Waals surface area contributed by atoms with E-state index in [1.807, 2.05) is 32.0 Å². The van der Waals surface area contributed by atoms with Crippen LogP contribution >= 0.6 is 0 Å². The highest BCUT2D eigenvalue weighted by Crippen LogP contribution is 2.35. The summed E-state index contributed by atoms with van der Waals surface area (Å²) in [6.45, 7) is 4.93. The van der Waals surface area contributed by atoms with Crippen molar-refractivity contribution in [2.75, 3.05) is 20.2 Å². The van der Waals surface area contributed by atoms with E-state index in [2.05, 4.69) is 12.1 Å². The number of sulfonamides is 1. The van der Waals surface area contributed by atoms with Crippen molar-refractivity contribution in [2.45, 2.75) is 31.1 Å². The summed E-state index contributed by atoms with van der Waals surface area (Å²) < 4.78 is 33.1. The molecular formula is C19H23NO3S. The third-order valence-corrected chi connectivity index (χ3v) is 6.71. The molecule has 2 aromatic rings. The molecule has 0 spiro atoms. The second kappa shape index (κ2) is 6.57. The fourth-order valence-corrected chi connectivity index (χ4v) is 4.93. The van der Waals surface area contributed by atoms with Crippen LogP contribution in [-0.4, -0.2) is 32.9 Å². The zero-order chi connectivity index (χ0) is 17.3. The molecule has 1 fully saturated rings. The minimum Gasteiger partial charge on any atom is -0.495 e. The zero-order valence-corrected chi connectivity index (χ0v) is 15.1. The van der Waals surface area contributed by atoms with Gasteiger partial charge in [0.25, 0.3) is 0 Å². The average Bonchev–Trinajstić information content (AvgIpc) is 3.08. The second-order valence-electron chi connectivity index (χ2n) is 6.35. The van der Waals surface area contributed by atoms with Crippen LogP contribution in [0.1, 0.15) is 29.0 Å². The Labute approximate surface area is 144 Å². The summed E-state index contributed by atoms with van der Waals surface area (Å²) in [5.74, 6) is 0.666. The summed E-state index contributed by atoms with van der Waals surface area (Å²) in [5.41, 5.74) is 3.17. The molecule has 0 N–H and O–H groups in total. The summed E-state index contributed by atoms with van der Waals surface area (Å²) in [6.07, 6.45) is 0.844. The van der Waals surface area contributed by atoms with Crippen molar-refractivity contribution in [1.29, 1.82) is 0 Å². The predicted octanol–water partition coefficient (Wildman–Crippen LogP) is 3.49. The molecule has 0 aliphatic carbocycles. The van der Waals surface area contributed by atoms with Gasteiger partial charge in [-0.2, -0.15) is 4.31 Å².